The quantitative estimate of drug-likeness (QED) is 0.404. The largest absolute Gasteiger partial charge is 0.494 e. The van der Waals surface area contributed by atoms with Gasteiger partial charge in [-0.3, -0.25) is 0 Å². The summed E-state index contributed by atoms with van der Waals surface area (Å²) in [6.07, 6.45) is 1.77. The molecule has 0 aliphatic rings. The predicted molar refractivity (Wildman–Crippen MR) is 104 cm³/mol. The maximum absolute atomic E-state index is 14.3. The first-order valence-electron chi connectivity index (χ1n) is 9.09. The summed E-state index contributed by atoms with van der Waals surface area (Å²) < 4.78 is 39.1. The predicted octanol–water partition coefficient (Wildman–Crippen LogP) is 5.38. The Morgan fingerprint density at radius 3 is 2.31 bits per heavy atom. The van der Waals surface area contributed by atoms with E-state index in [2.05, 4.69) is 6.07 Å². The molecule has 0 aromatic heterocycles. The van der Waals surface area contributed by atoms with Gasteiger partial charge in [-0.1, -0.05) is 12.1 Å². The third-order valence-corrected chi connectivity index (χ3v) is 3.94. The van der Waals surface area contributed by atoms with Crippen molar-refractivity contribution >= 4 is 12.0 Å². The average Bonchev–Trinajstić information content (AvgIpc) is 2.70. The number of unbranched alkanes of at least 4 members (excludes halogenated alkanes) is 3. The van der Waals surface area contributed by atoms with Gasteiger partial charge >= 0.3 is 12.1 Å². The summed E-state index contributed by atoms with van der Waals surface area (Å²) in [5, 5.41) is 17.1. The van der Waals surface area contributed by atoms with Crippen LogP contribution in [0.4, 0.5) is 8.78 Å². The van der Waals surface area contributed by atoms with E-state index in [1.54, 1.807) is 12.1 Å². The SMILES string of the molecule is N#CCCCCCOc1ccc(OC(F)(F)c2ccc(/C=C/C(=O)O)cc2)cc1. The zero-order valence-corrected chi connectivity index (χ0v) is 15.7. The van der Waals surface area contributed by atoms with Crippen molar-refractivity contribution in [2.45, 2.75) is 31.8 Å². The molecule has 0 amide bonds. The average molecular weight is 401 g/mol. The monoisotopic (exact) mass is 401 g/mol. The number of alkyl halides is 2. The Labute approximate surface area is 167 Å². The number of nitrogens with zero attached hydrogens (tertiary/aromatic N) is 1. The van der Waals surface area contributed by atoms with Gasteiger partial charge in [0.05, 0.1) is 18.2 Å². The van der Waals surface area contributed by atoms with Crippen molar-refractivity contribution in [3.05, 3.63) is 65.7 Å². The summed E-state index contributed by atoms with van der Waals surface area (Å²) in [5.74, 6) is -0.573. The lowest BCUT2D eigenvalue weighted by Gasteiger charge is -2.18. The lowest BCUT2D eigenvalue weighted by atomic mass is 10.1. The molecule has 0 fully saturated rings. The Balaban J connectivity index is 1.89. The van der Waals surface area contributed by atoms with Crippen molar-refractivity contribution in [1.82, 2.24) is 0 Å². The van der Waals surface area contributed by atoms with Crippen LogP contribution in [0.2, 0.25) is 0 Å². The van der Waals surface area contributed by atoms with Gasteiger partial charge in [-0.15, -0.1) is 0 Å². The number of aliphatic carboxylic acids is 1. The number of halogens is 2. The first-order chi connectivity index (χ1) is 13.9. The number of hydrogen-bond acceptors (Lipinski definition) is 4. The van der Waals surface area contributed by atoms with Crippen molar-refractivity contribution in [1.29, 1.82) is 5.26 Å². The number of carboxylic acid groups (broad SMARTS) is 1. The molecule has 0 atom stereocenters. The third-order valence-electron chi connectivity index (χ3n) is 3.94. The van der Waals surface area contributed by atoms with Crippen LogP contribution in [-0.2, 0) is 10.9 Å². The summed E-state index contributed by atoms with van der Waals surface area (Å²) in [6.45, 7) is 0.491. The van der Waals surface area contributed by atoms with E-state index in [4.69, 9.17) is 19.8 Å². The van der Waals surface area contributed by atoms with E-state index in [9.17, 15) is 13.6 Å². The van der Waals surface area contributed by atoms with Crippen molar-refractivity contribution in [3.8, 4) is 17.6 Å². The molecule has 1 N–H and O–H groups in total. The molecule has 0 saturated carbocycles. The third kappa shape index (κ3) is 7.62. The van der Waals surface area contributed by atoms with E-state index >= 15 is 0 Å². The number of nitriles is 1. The summed E-state index contributed by atoms with van der Waals surface area (Å²) in [6, 6.07) is 13.2. The van der Waals surface area contributed by atoms with Gasteiger partial charge in [-0.25, -0.2) is 4.79 Å². The standard InChI is InChI=1S/C22H21F2NO4/c23-22(24,18-8-5-17(6-9-18)7-14-21(26)27)29-20-12-10-19(11-13-20)28-16-4-2-1-3-15-25/h5-14H,1-4,16H2,(H,26,27)/b14-7+. The minimum absolute atomic E-state index is 0.00813. The molecule has 2 rings (SSSR count). The highest BCUT2D eigenvalue weighted by Gasteiger charge is 2.34. The van der Waals surface area contributed by atoms with Gasteiger partial charge in [0.2, 0.25) is 0 Å². The lowest BCUT2D eigenvalue weighted by Crippen LogP contribution is -2.21. The first kappa shape index (κ1) is 21.9. The second-order valence-electron chi connectivity index (χ2n) is 6.20. The zero-order valence-electron chi connectivity index (χ0n) is 15.7. The van der Waals surface area contributed by atoms with Crippen LogP contribution in [0.15, 0.2) is 54.6 Å². The molecule has 2 aromatic rings. The van der Waals surface area contributed by atoms with Crippen molar-refractivity contribution in [3.63, 3.8) is 0 Å². The fourth-order valence-corrected chi connectivity index (χ4v) is 2.44. The van der Waals surface area contributed by atoms with Crippen LogP contribution in [0.1, 0.15) is 36.8 Å². The second-order valence-corrected chi connectivity index (χ2v) is 6.20. The van der Waals surface area contributed by atoms with Crippen molar-refractivity contribution in [2.24, 2.45) is 0 Å². The molecule has 2 aromatic carbocycles. The molecule has 0 aliphatic heterocycles. The first-order valence-corrected chi connectivity index (χ1v) is 9.09. The van der Waals surface area contributed by atoms with Crippen LogP contribution in [0.25, 0.3) is 6.08 Å². The van der Waals surface area contributed by atoms with Crippen LogP contribution in [0.5, 0.6) is 11.5 Å². The number of carbonyl (C=O) groups is 1. The highest BCUT2D eigenvalue weighted by molar-refractivity contribution is 5.85. The zero-order chi connectivity index (χ0) is 21.1. The van der Waals surface area contributed by atoms with Crippen LogP contribution < -0.4 is 9.47 Å². The molecule has 0 heterocycles. The second kappa shape index (κ2) is 10.8. The van der Waals surface area contributed by atoms with Gasteiger partial charge in [-0.2, -0.15) is 14.0 Å². The Kier molecular flexibility index (Phi) is 8.16. The van der Waals surface area contributed by atoms with Gasteiger partial charge in [-0.05, 0) is 67.3 Å². The van der Waals surface area contributed by atoms with Gasteiger partial charge in [0.25, 0.3) is 0 Å². The molecule has 0 radical (unpaired) electrons. The Bertz CT molecular complexity index is 856. The van der Waals surface area contributed by atoms with Crippen molar-refractivity contribution in [2.75, 3.05) is 6.61 Å². The molecule has 0 bridgehead atoms. The molecule has 0 spiro atoms. The molecular weight excluding hydrogens is 380 g/mol. The normalized spacial score (nSPS) is 11.2. The Morgan fingerprint density at radius 1 is 1.03 bits per heavy atom. The van der Waals surface area contributed by atoms with Gasteiger partial charge in [0, 0.05) is 12.5 Å². The minimum atomic E-state index is -3.54. The maximum Gasteiger partial charge on any atom is 0.426 e. The lowest BCUT2D eigenvalue weighted by molar-refractivity contribution is -0.185. The summed E-state index contributed by atoms with van der Waals surface area (Å²) >= 11 is 0. The molecule has 0 unspecified atom stereocenters. The van der Waals surface area contributed by atoms with E-state index in [0.29, 0.717) is 24.3 Å². The summed E-state index contributed by atoms with van der Waals surface area (Å²) in [5.41, 5.74) is 0.142. The topological polar surface area (TPSA) is 79.5 Å². The molecule has 29 heavy (non-hydrogen) atoms. The minimum Gasteiger partial charge on any atom is -0.494 e. The Hall–Kier alpha value is -3.40. The van der Waals surface area contributed by atoms with E-state index in [1.807, 2.05) is 0 Å². The van der Waals surface area contributed by atoms with E-state index < -0.39 is 12.1 Å². The van der Waals surface area contributed by atoms with E-state index in [0.717, 1.165) is 25.3 Å². The van der Waals surface area contributed by atoms with Crippen LogP contribution in [0.3, 0.4) is 0 Å². The Morgan fingerprint density at radius 2 is 1.69 bits per heavy atom. The fourth-order valence-electron chi connectivity index (χ4n) is 2.44. The molecule has 5 nitrogen and oxygen atoms in total. The number of carboxylic acids is 1. The number of benzene rings is 2. The fraction of sp³-hybridized carbons (Fsp3) is 0.273. The maximum atomic E-state index is 14.3. The van der Waals surface area contributed by atoms with Crippen LogP contribution >= 0.6 is 0 Å². The number of ether oxygens (including phenoxy) is 2. The highest BCUT2D eigenvalue weighted by atomic mass is 19.3. The van der Waals surface area contributed by atoms with Gasteiger partial charge in [0.15, 0.2) is 0 Å². The summed E-state index contributed by atoms with van der Waals surface area (Å²) in [7, 11) is 0. The van der Waals surface area contributed by atoms with Gasteiger partial charge in [0.1, 0.15) is 11.5 Å². The van der Waals surface area contributed by atoms with Crippen LogP contribution in [0, 0.1) is 11.3 Å². The summed E-state index contributed by atoms with van der Waals surface area (Å²) in [4.78, 5) is 10.5. The molecule has 0 aliphatic carbocycles. The van der Waals surface area contributed by atoms with E-state index in [1.165, 1.54) is 42.5 Å². The van der Waals surface area contributed by atoms with E-state index in [-0.39, 0.29) is 11.3 Å². The number of rotatable bonds is 11. The van der Waals surface area contributed by atoms with Crippen LogP contribution in [-0.4, -0.2) is 17.7 Å². The number of hydrogen-bond donors (Lipinski definition) is 1. The highest BCUT2D eigenvalue weighted by Crippen LogP contribution is 2.32. The van der Waals surface area contributed by atoms with Crippen molar-refractivity contribution < 1.29 is 28.2 Å². The molecule has 0 saturated heterocycles. The smallest absolute Gasteiger partial charge is 0.426 e. The van der Waals surface area contributed by atoms with Gasteiger partial charge < -0.3 is 14.6 Å². The molecular formula is C22H21F2NO4. The molecule has 7 heteroatoms. The molecule has 152 valence electrons.